The van der Waals surface area contributed by atoms with Crippen LogP contribution in [0.5, 0.6) is 0 Å². The van der Waals surface area contributed by atoms with E-state index in [9.17, 15) is 0 Å². The highest BCUT2D eigenvalue weighted by Crippen LogP contribution is 2.44. The highest BCUT2D eigenvalue weighted by atomic mass is 15.0. The first-order valence-corrected chi connectivity index (χ1v) is 14.2. The number of hydrogen-bond donors (Lipinski definition) is 0. The van der Waals surface area contributed by atoms with Gasteiger partial charge in [0.1, 0.15) is 0 Å². The Hall–Kier alpha value is -5.40. The maximum atomic E-state index is 2.41. The standard InChI is InChI=1S/C40H25N/c1-2-15-29-26(12-1)25-36-32-18-4-3-16-30(32)31-17-5-6-21-35(31)40(36)39(29)27-13-11-14-28(24-27)41-37-22-9-7-19-33(37)34-20-8-10-23-38(34)41/h1-25H. The summed E-state index contributed by atoms with van der Waals surface area (Å²) in [7, 11) is 0. The van der Waals surface area contributed by atoms with Gasteiger partial charge in [0.05, 0.1) is 11.0 Å². The predicted octanol–water partition coefficient (Wildman–Crippen LogP) is 11.1. The fourth-order valence-electron chi connectivity index (χ4n) is 7.03. The van der Waals surface area contributed by atoms with Gasteiger partial charge in [-0.1, -0.05) is 121 Å². The molecule has 0 saturated carbocycles. The molecule has 0 aliphatic rings. The second kappa shape index (κ2) is 8.55. The minimum atomic E-state index is 1.17. The summed E-state index contributed by atoms with van der Waals surface area (Å²) >= 11 is 0. The van der Waals surface area contributed by atoms with Gasteiger partial charge in [-0.15, -0.1) is 0 Å². The smallest absolute Gasteiger partial charge is 0.0541 e. The monoisotopic (exact) mass is 519 g/mol. The van der Waals surface area contributed by atoms with Gasteiger partial charge in [-0.05, 0) is 84.5 Å². The predicted molar refractivity (Wildman–Crippen MR) is 176 cm³/mol. The molecule has 0 atom stereocenters. The van der Waals surface area contributed by atoms with E-state index in [0.717, 1.165) is 0 Å². The molecule has 0 aliphatic heterocycles. The van der Waals surface area contributed by atoms with E-state index >= 15 is 0 Å². The summed E-state index contributed by atoms with van der Waals surface area (Å²) in [6.07, 6.45) is 0. The molecule has 41 heavy (non-hydrogen) atoms. The SMILES string of the molecule is c1cc(-c2c3ccccc3cc3c4ccccc4c4ccccc4c23)cc(-n2c3ccccc3c3ccccc32)c1. The topological polar surface area (TPSA) is 4.93 Å². The van der Waals surface area contributed by atoms with E-state index in [0.29, 0.717) is 0 Å². The zero-order valence-corrected chi connectivity index (χ0v) is 22.4. The summed E-state index contributed by atoms with van der Waals surface area (Å²) in [4.78, 5) is 0. The Kier molecular flexibility index (Phi) is 4.67. The van der Waals surface area contributed by atoms with Crippen LogP contribution >= 0.6 is 0 Å². The Balaban J connectivity index is 1.45. The summed E-state index contributed by atoms with van der Waals surface area (Å²) in [5.74, 6) is 0. The van der Waals surface area contributed by atoms with Crippen molar-refractivity contribution in [3.63, 3.8) is 0 Å². The molecule has 9 aromatic rings. The third-order valence-corrected chi connectivity index (χ3v) is 8.73. The third-order valence-electron chi connectivity index (χ3n) is 8.73. The number of benzene rings is 8. The van der Waals surface area contributed by atoms with Crippen LogP contribution in [0.15, 0.2) is 152 Å². The molecule has 0 amide bonds. The minimum absolute atomic E-state index is 1.17. The van der Waals surface area contributed by atoms with Gasteiger partial charge in [0.25, 0.3) is 0 Å². The van der Waals surface area contributed by atoms with Crippen LogP contribution in [0, 0.1) is 0 Å². The number of hydrogen-bond acceptors (Lipinski definition) is 0. The first kappa shape index (κ1) is 22.4. The summed E-state index contributed by atoms with van der Waals surface area (Å²) in [6.45, 7) is 0. The molecule has 0 radical (unpaired) electrons. The van der Waals surface area contributed by atoms with Crippen molar-refractivity contribution in [3.05, 3.63) is 152 Å². The molecule has 0 fully saturated rings. The lowest BCUT2D eigenvalue weighted by Gasteiger charge is -2.18. The van der Waals surface area contributed by atoms with Crippen molar-refractivity contribution in [2.45, 2.75) is 0 Å². The van der Waals surface area contributed by atoms with Gasteiger partial charge in [-0.3, -0.25) is 0 Å². The average Bonchev–Trinajstić information content (AvgIpc) is 3.38. The molecule has 0 bridgehead atoms. The molecule has 1 heterocycles. The molecule has 1 nitrogen and oxygen atoms in total. The van der Waals surface area contributed by atoms with Crippen molar-refractivity contribution in [2.24, 2.45) is 0 Å². The van der Waals surface area contributed by atoms with Crippen LogP contribution in [0.3, 0.4) is 0 Å². The van der Waals surface area contributed by atoms with Gasteiger partial charge in [0.15, 0.2) is 0 Å². The van der Waals surface area contributed by atoms with Crippen molar-refractivity contribution in [1.82, 2.24) is 4.57 Å². The maximum Gasteiger partial charge on any atom is 0.0541 e. The lowest BCUT2D eigenvalue weighted by Crippen LogP contribution is -1.95. The van der Waals surface area contributed by atoms with Crippen molar-refractivity contribution in [2.75, 3.05) is 0 Å². The van der Waals surface area contributed by atoms with Crippen LogP contribution in [-0.2, 0) is 0 Å². The highest BCUT2D eigenvalue weighted by molar-refractivity contribution is 6.32. The molecule has 0 N–H and O–H groups in total. The van der Waals surface area contributed by atoms with Gasteiger partial charge >= 0.3 is 0 Å². The maximum absolute atomic E-state index is 2.41. The number of para-hydroxylation sites is 2. The zero-order chi connectivity index (χ0) is 26.9. The van der Waals surface area contributed by atoms with Crippen molar-refractivity contribution in [3.8, 4) is 16.8 Å². The summed E-state index contributed by atoms with van der Waals surface area (Å²) in [5, 5.41) is 12.9. The van der Waals surface area contributed by atoms with Crippen molar-refractivity contribution >= 4 is 64.9 Å². The van der Waals surface area contributed by atoms with Crippen molar-refractivity contribution in [1.29, 1.82) is 0 Å². The minimum Gasteiger partial charge on any atom is -0.309 e. The highest BCUT2D eigenvalue weighted by Gasteiger charge is 2.18. The Labute approximate surface area is 237 Å². The van der Waals surface area contributed by atoms with E-state index in [-0.39, 0.29) is 0 Å². The molecular formula is C40H25N. The van der Waals surface area contributed by atoms with Gasteiger partial charge in [-0.25, -0.2) is 0 Å². The van der Waals surface area contributed by atoms with Crippen LogP contribution in [0.2, 0.25) is 0 Å². The molecule has 9 rings (SSSR count). The largest absolute Gasteiger partial charge is 0.309 e. The summed E-state index contributed by atoms with van der Waals surface area (Å²) < 4.78 is 2.41. The number of fused-ring (bicyclic) bond motifs is 10. The Bertz CT molecular complexity index is 2420. The van der Waals surface area contributed by atoms with E-state index in [4.69, 9.17) is 0 Å². The lowest BCUT2D eigenvalue weighted by atomic mass is 9.86. The first-order chi connectivity index (χ1) is 20.4. The van der Waals surface area contributed by atoms with Gasteiger partial charge in [0, 0.05) is 16.5 Å². The van der Waals surface area contributed by atoms with Crippen LogP contribution in [0.4, 0.5) is 0 Å². The van der Waals surface area contributed by atoms with Gasteiger partial charge in [-0.2, -0.15) is 0 Å². The van der Waals surface area contributed by atoms with E-state index in [1.54, 1.807) is 0 Å². The van der Waals surface area contributed by atoms with Crippen LogP contribution in [-0.4, -0.2) is 4.57 Å². The third kappa shape index (κ3) is 3.18. The molecular weight excluding hydrogens is 494 g/mol. The van der Waals surface area contributed by atoms with Crippen LogP contribution < -0.4 is 0 Å². The Morgan fingerprint density at radius 2 is 0.854 bits per heavy atom. The quantitative estimate of drug-likeness (QED) is 0.158. The van der Waals surface area contributed by atoms with Crippen molar-refractivity contribution < 1.29 is 0 Å². The van der Waals surface area contributed by atoms with E-state index in [2.05, 4.69) is 156 Å². The first-order valence-electron chi connectivity index (χ1n) is 14.2. The summed E-state index contributed by atoms with van der Waals surface area (Å²) in [6, 6.07) is 55.5. The van der Waals surface area contributed by atoms with Gasteiger partial charge in [0.2, 0.25) is 0 Å². The second-order valence-electron chi connectivity index (χ2n) is 10.9. The molecule has 190 valence electrons. The average molecular weight is 520 g/mol. The second-order valence-corrected chi connectivity index (χ2v) is 10.9. The molecule has 0 unspecified atom stereocenters. The number of aromatic nitrogens is 1. The van der Waals surface area contributed by atoms with E-state index < -0.39 is 0 Å². The fourth-order valence-corrected chi connectivity index (χ4v) is 7.03. The molecule has 1 heteroatoms. The number of rotatable bonds is 2. The van der Waals surface area contributed by atoms with Crippen LogP contribution in [0.1, 0.15) is 0 Å². The molecule has 0 aliphatic carbocycles. The Morgan fingerprint density at radius 3 is 1.54 bits per heavy atom. The lowest BCUT2D eigenvalue weighted by molar-refractivity contribution is 1.18. The summed E-state index contributed by atoms with van der Waals surface area (Å²) in [5.41, 5.74) is 6.15. The normalized spacial score (nSPS) is 11.9. The van der Waals surface area contributed by atoms with E-state index in [1.807, 2.05) is 0 Å². The molecule has 8 aromatic carbocycles. The van der Waals surface area contributed by atoms with Gasteiger partial charge < -0.3 is 4.57 Å². The molecule has 1 aromatic heterocycles. The molecule has 0 spiro atoms. The molecule has 0 saturated heterocycles. The fraction of sp³-hybridized carbons (Fsp3) is 0. The Morgan fingerprint density at radius 1 is 0.341 bits per heavy atom. The zero-order valence-electron chi connectivity index (χ0n) is 22.4. The number of nitrogens with zero attached hydrogens (tertiary/aromatic N) is 1. The van der Waals surface area contributed by atoms with E-state index in [1.165, 1.54) is 81.7 Å². The van der Waals surface area contributed by atoms with Crippen LogP contribution in [0.25, 0.3) is 81.7 Å².